The Hall–Kier alpha value is -1.06. The highest BCUT2D eigenvalue weighted by Crippen LogP contribution is 2.30. The second kappa shape index (κ2) is 6.62. The molecule has 1 atom stereocenters. The van der Waals surface area contributed by atoms with Crippen molar-refractivity contribution in [1.29, 1.82) is 0 Å². The van der Waals surface area contributed by atoms with Gasteiger partial charge >= 0.3 is 11.9 Å². The highest BCUT2D eigenvalue weighted by atomic mass is 16.5. The normalized spacial score (nSPS) is 18.3. The minimum absolute atomic E-state index is 0.236. The van der Waals surface area contributed by atoms with Crippen molar-refractivity contribution in [3.05, 3.63) is 0 Å². The standard InChI is InChI=1S/C13H22O4/c1-9(2)8-17-13(16)11(12(14)15)7-10-5-3-4-6-10/h9-11H,3-8H2,1-2H3,(H,14,15). The third kappa shape index (κ3) is 4.75. The quantitative estimate of drug-likeness (QED) is 0.574. The van der Waals surface area contributed by atoms with Crippen LogP contribution in [0.1, 0.15) is 46.0 Å². The van der Waals surface area contributed by atoms with Gasteiger partial charge in [0.05, 0.1) is 6.61 Å². The Morgan fingerprint density at radius 2 is 1.88 bits per heavy atom. The average molecular weight is 242 g/mol. The molecule has 4 nitrogen and oxygen atoms in total. The first-order valence-corrected chi connectivity index (χ1v) is 6.40. The second-order valence-electron chi connectivity index (χ2n) is 5.30. The molecular formula is C13H22O4. The van der Waals surface area contributed by atoms with E-state index in [2.05, 4.69) is 0 Å². The number of hydrogen-bond donors (Lipinski definition) is 1. The summed E-state index contributed by atoms with van der Waals surface area (Å²) in [6.45, 7) is 4.16. The van der Waals surface area contributed by atoms with Gasteiger partial charge in [0.2, 0.25) is 0 Å². The van der Waals surface area contributed by atoms with Crippen LogP contribution in [0.3, 0.4) is 0 Å². The molecule has 0 aliphatic heterocycles. The third-order valence-electron chi connectivity index (χ3n) is 3.19. The molecule has 0 radical (unpaired) electrons. The summed E-state index contributed by atoms with van der Waals surface area (Å²) in [5.41, 5.74) is 0. The molecule has 1 N–H and O–H groups in total. The van der Waals surface area contributed by atoms with E-state index >= 15 is 0 Å². The minimum atomic E-state index is -1.05. The zero-order valence-corrected chi connectivity index (χ0v) is 10.6. The Kier molecular flexibility index (Phi) is 5.45. The molecule has 98 valence electrons. The third-order valence-corrected chi connectivity index (χ3v) is 3.19. The van der Waals surface area contributed by atoms with Gasteiger partial charge in [0.15, 0.2) is 5.92 Å². The number of carbonyl (C=O) groups excluding carboxylic acids is 1. The van der Waals surface area contributed by atoms with Crippen molar-refractivity contribution in [2.45, 2.75) is 46.0 Å². The number of rotatable bonds is 6. The largest absolute Gasteiger partial charge is 0.481 e. The molecule has 0 spiro atoms. The van der Waals surface area contributed by atoms with Crippen LogP contribution in [0.25, 0.3) is 0 Å². The molecule has 1 aliphatic rings. The van der Waals surface area contributed by atoms with Gasteiger partial charge in [-0.2, -0.15) is 0 Å². The molecule has 1 rings (SSSR count). The lowest BCUT2D eigenvalue weighted by atomic mass is 9.93. The first-order valence-electron chi connectivity index (χ1n) is 6.40. The molecule has 0 heterocycles. The molecule has 1 fully saturated rings. The number of ether oxygens (including phenoxy) is 1. The van der Waals surface area contributed by atoms with E-state index in [0.717, 1.165) is 25.7 Å². The fourth-order valence-electron chi connectivity index (χ4n) is 2.23. The van der Waals surface area contributed by atoms with Gasteiger partial charge in [0.25, 0.3) is 0 Å². The number of hydrogen-bond acceptors (Lipinski definition) is 3. The highest BCUT2D eigenvalue weighted by molar-refractivity contribution is 5.93. The lowest BCUT2D eigenvalue weighted by molar-refractivity contribution is -0.160. The maximum absolute atomic E-state index is 11.7. The van der Waals surface area contributed by atoms with Crippen molar-refractivity contribution in [1.82, 2.24) is 0 Å². The molecule has 0 aromatic rings. The fraction of sp³-hybridized carbons (Fsp3) is 0.846. The van der Waals surface area contributed by atoms with Crippen LogP contribution in [0.5, 0.6) is 0 Å². The summed E-state index contributed by atoms with van der Waals surface area (Å²) in [5, 5.41) is 9.07. The summed E-state index contributed by atoms with van der Waals surface area (Å²) in [5.74, 6) is -1.98. The van der Waals surface area contributed by atoms with Crippen molar-refractivity contribution in [3.63, 3.8) is 0 Å². The van der Waals surface area contributed by atoms with Crippen LogP contribution in [-0.4, -0.2) is 23.7 Å². The molecule has 17 heavy (non-hydrogen) atoms. The summed E-state index contributed by atoms with van der Waals surface area (Å²) >= 11 is 0. The zero-order chi connectivity index (χ0) is 12.8. The van der Waals surface area contributed by atoms with Gasteiger partial charge in [-0.3, -0.25) is 9.59 Å². The van der Waals surface area contributed by atoms with Crippen molar-refractivity contribution < 1.29 is 19.4 Å². The van der Waals surface area contributed by atoms with E-state index in [4.69, 9.17) is 9.84 Å². The number of esters is 1. The van der Waals surface area contributed by atoms with Gasteiger partial charge in [0.1, 0.15) is 0 Å². The van der Waals surface area contributed by atoms with Crippen LogP contribution in [0.2, 0.25) is 0 Å². The van der Waals surface area contributed by atoms with E-state index in [9.17, 15) is 9.59 Å². The van der Waals surface area contributed by atoms with Crippen LogP contribution in [0, 0.1) is 17.8 Å². The number of carboxylic acid groups (broad SMARTS) is 1. The van der Waals surface area contributed by atoms with Gasteiger partial charge in [-0.1, -0.05) is 39.5 Å². The van der Waals surface area contributed by atoms with E-state index in [0.29, 0.717) is 18.9 Å². The summed E-state index contributed by atoms with van der Waals surface area (Å²) in [4.78, 5) is 22.7. The highest BCUT2D eigenvalue weighted by Gasteiger charge is 2.32. The molecule has 0 saturated heterocycles. The van der Waals surface area contributed by atoms with Crippen molar-refractivity contribution in [3.8, 4) is 0 Å². The Labute approximate surface area is 102 Å². The topological polar surface area (TPSA) is 63.6 Å². The van der Waals surface area contributed by atoms with Crippen molar-refractivity contribution in [2.75, 3.05) is 6.61 Å². The Balaban J connectivity index is 2.46. The molecule has 0 amide bonds. The first-order chi connectivity index (χ1) is 8.00. The summed E-state index contributed by atoms with van der Waals surface area (Å²) in [6, 6.07) is 0. The SMILES string of the molecule is CC(C)COC(=O)C(CC1CCCC1)C(=O)O. The average Bonchev–Trinajstić information content (AvgIpc) is 2.74. The molecule has 1 saturated carbocycles. The van der Waals surface area contributed by atoms with E-state index in [-0.39, 0.29) is 5.92 Å². The molecule has 4 heteroatoms. The van der Waals surface area contributed by atoms with Crippen molar-refractivity contribution >= 4 is 11.9 Å². The predicted octanol–water partition coefficient (Wildman–Crippen LogP) is 2.47. The predicted molar refractivity (Wildman–Crippen MR) is 63.5 cm³/mol. The van der Waals surface area contributed by atoms with Crippen LogP contribution >= 0.6 is 0 Å². The molecule has 0 aromatic carbocycles. The van der Waals surface area contributed by atoms with E-state index < -0.39 is 17.9 Å². The minimum Gasteiger partial charge on any atom is -0.481 e. The number of carbonyl (C=O) groups is 2. The zero-order valence-electron chi connectivity index (χ0n) is 10.6. The Bertz CT molecular complexity index is 267. The van der Waals surface area contributed by atoms with E-state index in [1.165, 1.54) is 0 Å². The molecular weight excluding hydrogens is 220 g/mol. The Morgan fingerprint density at radius 3 is 2.35 bits per heavy atom. The smallest absolute Gasteiger partial charge is 0.320 e. The Morgan fingerprint density at radius 1 is 1.29 bits per heavy atom. The summed E-state index contributed by atoms with van der Waals surface area (Å²) in [7, 11) is 0. The summed E-state index contributed by atoms with van der Waals surface area (Å²) in [6.07, 6.45) is 4.82. The number of aliphatic carboxylic acids is 1. The van der Waals surface area contributed by atoms with Gasteiger partial charge in [-0.05, 0) is 18.3 Å². The molecule has 0 aromatic heterocycles. The van der Waals surface area contributed by atoms with Crippen LogP contribution < -0.4 is 0 Å². The van der Waals surface area contributed by atoms with Gasteiger partial charge in [-0.25, -0.2) is 0 Å². The van der Waals surface area contributed by atoms with Crippen molar-refractivity contribution in [2.24, 2.45) is 17.8 Å². The van der Waals surface area contributed by atoms with Gasteiger partial charge in [0, 0.05) is 0 Å². The molecule has 1 aliphatic carbocycles. The lowest BCUT2D eigenvalue weighted by Gasteiger charge is -2.16. The van der Waals surface area contributed by atoms with E-state index in [1.807, 2.05) is 13.8 Å². The number of carboxylic acids is 1. The van der Waals surface area contributed by atoms with Gasteiger partial charge < -0.3 is 9.84 Å². The summed E-state index contributed by atoms with van der Waals surface area (Å²) < 4.78 is 5.02. The first kappa shape index (κ1) is 14.0. The monoisotopic (exact) mass is 242 g/mol. The molecule has 1 unspecified atom stereocenters. The van der Waals surface area contributed by atoms with Crippen LogP contribution in [0.4, 0.5) is 0 Å². The van der Waals surface area contributed by atoms with Crippen LogP contribution in [-0.2, 0) is 14.3 Å². The maximum atomic E-state index is 11.7. The molecule has 0 bridgehead atoms. The van der Waals surface area contributed by atoms with E-state index in [1.54, 1.807) is 0 Å². The maximum Gasteiger partial charge on any atom is 0.320 e. The second-order valence-corrected chi connectivity index (χ2v) is 5.30. The lowest BCUT2D eigenvalue weighted by Crippen LogP contribution is -2.28. The fourth-order valence-corrected chi connectivity index (χ4v) is 2.23. The van der Waals surface area contributed by atoms with Crippen LogP contribution in [0.15, 0.2) is 0 Å². The van der Waals surface area contributed by atoms with Gasteiger partial charge in [-0.15, -0.1) is 0 Å².